The second kappa shape index (κ2) is 8.04. The summed E-state index contributed by atoms with van der Waals surface area (Å²) in [6.45, 7) is 10.2. The van der Waals surface area contributed by atoms with E-state index in [0.29, 0.717) is 11.1 Å². The second-order valence-electron chi connectivity index (χ2n) is 5.89. The van der Waals surface area contributed by atoms with E-state index in [1.165, 1.54) is 0 Å². The van der Waals surface area contributed by atoms with Crippen LogP contribution in [0.5, 0.6) is 0 Å². The minimum atomic E-state index is -0.0642. The Labute approximate surface area is 145 Å². The third-order valence-corrected chi connectivity index (χ3v) is 5.20. The zero-order valence-corrected chi connectivity index (χ0v) is 15.8. The summed E-state index contributed by atoms with van der Waals surface area (Å²) in [6.07, 6.45) is 2.00. The van der Waals surface area contributed by atoms with Gasteiger partial charge >= 0.3 is 0 Å². The molecule has 1 fully saturated rings. The van der Waals surface area contributed by atoms with Gasteiger partial charge < -0.3 is 4.74 Å². The van der Waals surface area contributed by atoms with Gasteiger partial charge in [0.15, 0.2) is 5.82 Å². The molecule has 21 heavy (non-hydrogen) atoms. The summed E-state index contributed by atoms with van der Waals surface area (Å²) in [4.78, 5) is 11.6. The van der Waals surface area contributed by atoms with Crippen molar-refractivity contribution in [2.75, 3.05) is 26.2 Å². The zero-order valence-electron chi connectivity index (χ0n) is 12.9. The van der Waals surface area contributed by atoms with Crippen molar-refractivity contribution in [3.05, 3.63) is 20.2 Å². The van der Waals surface area contributed by atoms with Gasteiger partial charge in [0.2, 0.25) is 0 Å². The van der Waals surface area contributed by atoms with Crippen LogP contribution in [0.15, 0.2) is 0 Å². The molecular formula is C15H23ClIN3O. The molecule has 2 rings (SSSR count). The summed E-state index contributed by atoms with van der Waals surface area (Å²) >= 11 is 8.53. The maximum absolute atomic E-state index is 6.29. The van der Waals surface area contributed by atoms with E-state index < -0.39 is 0 Å². The van der Waals surface area contributed by atoms with Crippen LogP contribution in [0.4, 0.5) is 0 Å². The minimum absolute atomic E-state index is 0.0642. The number of hydrogen-bond donors (Lipinski definition) is 0. The molecule has 0 spiro atoms. The molecule has 2 heterocycles. The number of ether oxygens (including phenoxy) is 1. The smallest absolute Gasteiger partial charge is 0.160 e. The maximum atomic E-state index is 6.29. The minimum Gasteiger partial charge on any atom is -0.368 e. The highest BCUT2D eigenvalue weighted by molar-refractivity contribution is 14.1. The van der Waals surface area contributed by atoms with Crippen LogP contribution in [0, 0.1) is 9.49 Å². The van der Waals surface area contributed by atoms with E-state index >= 15 is 0 Å². The van der Waals surface area contributed by atoms with Crippen LogP contribution >= 0.6 is 34.2 Å². The first kappa shape index (κ1) is 17.4. The van der Waals surface area contributed by atoms with Crippen molar-refractivity contribution >= 4 is 34.2 Å². The standard InChI is InChI=1S/C15H23ClIN3O/c1-4-5-20-6-7-21-12(9-20)15-18-11(8-10(2)3)13(17)14(16)19-15/h10,12H,4-9H2,1-3H3. The van der Waals surface area contributed by atoms with Gasteiger partial charge in [-0.25, -0.2) is 9.97 Å². The molecule has 6 heteroatoms. The number of aromatic nitrogens is 2. The number of halogens is 2. The van der Waals surface area contributed by atoms with Crippen LogP contribution in [-0.2, 0) is 11.2 Å². The Kier molecular flexibility index (Phi) is 6.65. The SMILES string of the molecule is CCCN1CCOC(c2nc(Cl)c(I)c(CC(C)C)n2)C1. The summed E-state index contributed by atoms with van der Waals surface area (Å²) in [7, 11) is 0. The van der Waals surface area contributed by atoms with Crippen LogP contribution in [0.3, 0.4) is 0 Å². The average molecular weight is 424 g/mol. The summed E-state index contributed by atoms with van der Waals surface area (Å²) in [5.74, 6) is 1.28. The van der Waals surface area contributed by atoms with E-state index in [1.807, 2.05) is 0 Å². The van der Waals surface area contributed by atoms with E-state index in [1.54, 1.807) is 0 Å². The molecular weight excluding hydrogens is 401 g/mol. The highest BCUT2D eigenvalue weighted by atomic mass is 127. The molecule has 0 aliphatic carbocycles. The van der Waals surface area contributed by atoms with Gasteiger partial charge in [-0.15, -0.1) is 0 Å². The van der Waals surface area contributed by atoms with Gasteiger partial charge in [-0.3, -0.25) is 4.90 Å². The Morgan fingerprint density at radius 1 is 1.43 bits per heavy atom. The molecule has 1 saturated heterocycles. The van der Waals surface area contributed by atoms with Crippen molar-refractivity contribution in [2.24, 2.45) is 5.92 Å². The van der Waals surface area contributed by atoms with Crippen molar-refractivity contribution in [2.45, 2.75) is 39.7 Å². The molecule has 1 aliphatic rings. The molecule has 1 atom stereocenters. The largest absolute Gasteiger partial charge is 0.368 e. The third-order valence-electron chi connectivity index (χ3n) is 3.48. The van der Waals surface area contributed by atoms with Gasteiger partial charge in [-0.2, -0.15) is 0 Å². The van der Waals surface area contributed by atoms with Crippen molar-refractivity contribution in [1.82, 2.24) is 14.9 Å². The second-order valence-corrected chi connectivity index (χ2v) is 7.33. The Bertz CT molecular complexity index is 482. The first-order valence-electron chi connectivity index (χ1n) is 7.57. The molecule has 1 aliphatic heterocycles. The Morgan fingerprint density at radius 3 is 2.86 bits per heavy atom. The van der Waals surface area contributed by atoms with Crippen molar-refractivity contribution in [3.63, 3.8) is 0 Å². The van der Waals surface area contributed by atoms with Gasteiger partial charge in [0.05, 0.1) is 15.9 Å². The molecule has 118 valence electrons. The maximum Gasteiger partial charge on any atom is 0.160 e. The van der Waals surface area contributed by atoms with Crippen LogP contribution in [-0.4, -0.2) is 41.1 Å². The lowest BCUT2D eigenvalue weighted by Crippen LogP contribution is -2.39. The molecule has 0 aromatic carbocycles. The molecule has 0 saturated carbocycles. The fraction of sp³-hybridized carbons (Fsp3) is 0.733. The predicted octanol–water partition coefficient (Wildman–Crippen LogP) is 3.72. The van der Waals surface area contributed by atoms with Gasteiger partial charge in [0, 0.05) is 13.1 Å². The summed E-state index contributed by atoms with van der Waals surface area (Å²) in [6, 6.07) is 0. The van der Waals surface area contributed by atoms with Gasteiger partial charge in [0.25, 0.3) is 0 Å². The monoisotopic (exact) mass is 423 g/mol. The predicted molar refractivity (Wildman–Crippen MR) is 93.7 cm³/mol. The van der Waals surface area contributed by atoms with E-state index in [4.69, 9.17) is 21.3 Å². The van der Waals surface area contributed by atoms with Crippen LogP contribution < -0.4 is 0 Å². The summed E-state index contributed by atoms with van der Waals surface area (Å²) < 4.78 is 6.83. The topological polar surface area (TPSA) is 38.2 Å². The number of nitrogens with zero attached hydrogens (tertiary/aromatic N) is 3. The van der Waals surface area contributed by atoms with Crippen molar-refractivity contribution in [3.8, 4) is 0 Å². The molecule has 1 aromatic heterocycles. The summed E-state index contributed by atoms with van der Waals surface area (Å²) in [5, 5.41) is 0.549. The molecule has 4 nitrogen and oxygen atoms in total. The van der Waals surface area contributed by atoms with Gasteiger partial charge in [-0.1, -0.05) is 32.4 Å². The Morgan fingerprint density at radius 2 is 2.19 bits per heavy atom. The highest BCUT2D eigenvalue weighted by Gasteiger charge is 2.25. The van der Waals surface area contributed by atoms with Crippen LogP contribution in [0.1, 0.15) is 44.8 Å². The average Bonchev–Trinajstić information content (AvgIpc) is 2.44. The molecule has 1 unspecified atom stereocenters. The fourth-order valence-electron chi connectivity index (χ4n) is 2.53. The quantitative estimate of drug-likeness (QED) is 0.534. The zero-order chi connectivity index (χ0) is 15.4. The lowest BCUT2D eigenvalue weighted by Gasteiger charge is -2.32. The van der Waals surface area contributed by atoms with E-state index in [2.05, 4.69) is 53.2 Å². The molecule has 0 bridgehead atoms. The lowest BCUT2D eigenvalue weighted by atomic mass is 10.1. The van der Waals surface area contributed by atoms with Crippen molar-refractivity contribution in [1.29, 1.82) is 0 Å². The van der Waals surface area contributed by atoms with Gasteiger partial charge in [-0.05, 0) is 47.9 Å². The number of hydrogen-bond acceptors (Lipinski definition) is 4. The van der Waals surface area contributed by atoms with Crippen molar-refractivity contribution < 1.29 is 4.74 Å². The summed E-state index contributed by atoms with van der Waals surface area (Å²) in [5.41, 5.74) is 1.04. The van der Waals surface area contributed by atoms with Gasteiger partial charge in [0.1, 0.15) is 11.3 Å². The van der Waals surface area contributed by atoms with Crippen LogP contribution in [0.25, 0.3) is 0 Å². The Hall–Kier alpha value is 0.0200. The number of morpholine rings is 1. The van der Waals surface area contributed by atoms with E-state index in [-0.39, 0.29) is 6.10 Å². The number of rotatable bonds is 5. The first-order chi connectivity index (χ1) is 10.0. The highest BCUT2D eigenvalue weighted by Crippen LogP contribution is 2.26. The molecule has 0 N–H and O–H groups in total. The van der Waals surface area contributed by atoms with E-state index in [9.17, 15) is 0 Å². The normalized spacial score (nSPS) is 20.2. The molecule has 0 amide bonds. The first-order valence-corrected chi connectivity index (χ1v) is 9.02. The third kappa shape index (κ3) is 4.74. The lowest BCUT2D eigenvalue weighted by molar-refractivity contribution is -0.0343. The Balaban J connectivity index is 2.20. The molecule has 0 radical (unpaired) electrons. The van der Waals surface area contributed by atoms with E-state index in [0.717, 1.165) is 54.2 Å². The fourth-order valence-corrected chi connectivity index (χ4v) is 3.18. The molecule has 1 aromatic rings. The van der Waals surface area contributed by atoms with Crippen LogP contribution in [0.2, 0.25) is 5.15 Å².